The van der Waals surface area contributed by atoms with Gasteiger partial charge in [-0.25, -0.2) is 4.79 Å². The van der Waals surface area contributed by atoms with Crippen LogP contribution in [-0.4, -0.2) is 92.8 Å². The van der Waals surface area contributed by atoms with E-state index in [9.17, 15) is 9.59 Å². The monoisotopic (exact) mass is 340 g/mol. The number of hydrogen-bond donors (Lipinski definition) is 3. The highest BCUT2D eigenvalue weighted by molar-refractivity contribution is 6.01. The van der Waals surface area contributed by atoms with Crippen molar-refractivity contribution in [1.29, 1.82) is 0 Å². The predicted molar refractivity (Wildman–Crippen MR) is 90.9 cm³/mol. The first kappa shape index (κ1) is 18.5. The topological polar surface area (TPSA) is 98.3 Å². The molecular formula is C15H28N6O3. The van der Waals surface area contributed by atoms with E-state index in [0.29, 0.717) is 31.6 Å². The van der Waals surface area contributed by atoms with Gasteiger partial charge < -0.3 is 20.7 Å². The van der Waals surface area contributed by atoms with Crippen molar-refractivity contribution in [3.63, 3.8) is 0 Å². The largest absolute Gasteiger partial charge is 0.379 e. The lowest BCUT2D eigenvalue weighted by Gasteiger charge is -2.31. The molecule has 3 N–H and O–H groups in total. The molecule has 0 aliphatic carbocycles. The number of amides is 3. The number of hydrogen-bond acceptors (Lipinski definition) is 5. The molecule has 0 spiro atoms. The average molecular weight is 340 g/mol. The normalized spacial score (nSPS) is 20.9. The van der Waals surface area contributed by atoms with Crippen molar-refractivity contribution in [2.45, 2.75) is 19.9 Å². The van der Waals surface area contributed by atoms with E-state index < -0.39 is 0 Å². The quantitative estimate of drug-likeness (QED) is 0.306. The van der Waals surface area contributed by atoms with Crippen LogP contribution >= 0.6 is 0 Å². The Balaban J connectivity index is 1.77. The lowest BCUT2D eigenvalue weighted by molar-refractivity contribution is -0.124. The molecule has 0 aromatic carbocycles. The summed E-state index contributed by atoms with van der Waals surface area (Å²) in [6, 6.07) is 0.0139. The molecule has 0 bridgehead atoms. The van der Waals surface area contributed by atoms with Crippen molar-refractivity contribution < 1.29 is 14.3 Å². The van der Waals surface area contributed by atoms with Gasteiger partial charge in [0.25, 0.3) is 0 Å². The van der Waals surface area contributed by atoms with Gasteiger partial charge in [-0.3, -0.25) is 19.6 Å². The van der Waals surface area contributed by atoms with Crippen LogP contribution < -0.4 is 16.0 Å². The van der Waals surface area contributed by atoms with E-state index in [1.165, 1.54) is 4.90 Å². The van der Waals surface area contributed by atoms with Crippen LogP contribution in [0.4, 0.5) is 4.79 Å². The summed E-state index contributed by atoms with van der Waals surface area (Å²) in [5, 5.41) is 8.86. The molecule has 2 aliphatic heterocycles. The lowest BCUT2D eigenvalue weighted by Crippen LogP contribution is -2.45. The van der Waals surface area contributed by atoms with Gasteiger partial charge in [0.05, 0.1) is 26.3 Å². The number of nitrogens with zero attached hydrogens (tertiary/aromatic N) is 3. The number of ether oxygens (including phenoxy) is 1. The Morgan fingerprint density at radius 1 is 1.33 bits per heavy atom. The van der Waals surface area contributed by atoms with Gasteiger partial charge in [-0.15, -0.1) is 0 Å². The zero-order valence-electron chi connectivity index (χ0n) is 14.5. The summed E-state index contributed by atoms with van der Waals surface area (Å²) in [5.74, 6) is 0.509. The summed E-state index contributed by atoms with van der Waals surface area (Å²) >= 11 is 0. The Labute approximate surface area is 142 Å². The number of imide groups is 1. The van der Waals surface area contributed by atoms with E-state index in [-0.39, 0.29) is 18.5 Å². The number of aliphatic imine (C=N–C) groups is 1. The highest BCUT2D eigenvalue weighted by atomic mass is 16.5. The van der Waals surface area contributed by atoms with Crippen LogP contribution in [0.1, 0.15) is 13.8 Å². The second-order valence-electron chi connectivity index (χ2n) is 5.85. The highest BCUT2D eigenvalue weighted by Crippen LogP contribution is 2.03. The van der Waals surface area contributed by atoms with Gasteiger partial charge in [-0.1, -0.05) is 0 Å². The molecule has 2 aliphatic rings. The van der Waals surface area contributed by atoms with Crippen molar-refractivity contribution in [3.8, 4) is 0 Å². The van der Waals surface area contributed by atoms with E-state index in [0.717, 1.165) is 32.8 Å². The third-order valence-electron chi connectivity index (χ3n) is 4.09. The average Bonchev–Trinajstić information content (AvgIpc) is 2.92. The van der Waals surface area contributed by atoms with Crippen molar-refractivity contribution in [1.82, 2.24) is 25.8 Å². The minimum absolute atomic E-state index is 0.0874. The first-order chi connectivity index (χ1) is 11.6. The zero-order valence-corrected chi connectivity index (χ0v) is 14.5. The second-order valence-corrected chi connectivity index (χ2v) is 5.85. The smallest absolute Gasteiger partial charge is 0.324 e. The molecule has 0 aromatic rings. The summed E-state index contributed by atoms with van der Waals surface area (Å²) in [4.78, 5) is 31.2. The summed E-state index contributed by atoms with van der Waals surface area (Å²) < 4.78 is 5.37. The zero-order chi connectivity index (χ0) is 17.4. The molecule has 9 nitrogen and oxygen atoms in total. The highest BCUT2D eigenvalue weighted by Gasteiger charge is 2.27. The van der Waals surface area contributed by atoms with Crippen LogP contribution in [0.2, 0.25) is 0 Å². The van der Waals surface area contributed by atoms with Crippen molar-refractivity contribution >= 4 is 17.9 Å². The molecule has 2 rings (SSSR count). The molecule has 3 amide bonds. The molecule has 2 fully saturated rings. The number of morpholine rings is 1. The Kier molecular flexibility index (Phi) is 7.26. The molecule has 2 heterocycles. The van der Waals surface area contributed by atoms with Crippen LogP contribution in [0.5, 0.6) is 0 Å². The number of carbonyl (C=O) groups excluding carboxylic acids is 2. The minimum atomic E-state index is -0.329. The number of carbonyl (C=O) groups is 2. The Morgan fingerprint density at radius 2 is 2.08 bits per heavy atom. The molecular weight excluding hydrogens is 312 g/mol. The summed E-state index contributed by atoms with van der Waals surface area (Å²) in [6.07, 6.45) is 0. The summed E-state index contributed by atoms with van der Waals surface area (Å²) in [6.45, 7) is 9.90. The molecule has 1 atom stereocenters. The molecule has 0 saturated carbocycles. The fourth-order valence-corrected chi connectivity index (χ4v) is 2.67. The van der Waals surface area contributed by atoms with Gasteiger partial charge in [0.2, 0.25) is 5.91 Å². The number of guanidine groups is 1. The number of urea groups is 1. The summed E-state index contributed by atoms with van der Waals surface area (Å²) in [7, 11) is 0. The van der Waals surface area contributed by atoms with E-state index in [2.05, 4.69) is 32.8 Å². The maximum Gasteiger partial charge on any atom is 0.324 e. The Hall–Kier alpha value is -1.87. The summed E-state index contributed by atoms with van der Waals surface area (Å²) in [5.41, 5.74) is 0. The maximum atomic E-state index is 11.5. The molecule has 0 aromatic heterocycles. The number of nitrogens with one attached hydrogen (secondary N) is 3. The van der Waals surface area contributed by atoms with Gasteiger partial charge in [-0.2, -0.15) is 0 Å². The molecule has 136 valence electrons. The van der Waals surface area contributed by atoms with E-state index in [1.807, 2.05) is 6.92 Å². The van der Waals surface area contributed by atoms with Crippen LogP contribution in [-0.2, 0) is 9.53 Å². The van der Waals surface area contributed by atoms with Crippen molar-refractivity contribution in [3.05, 3.63) is 0 Å². The van der Waals surface area contributed by atoms with Crippen molar-refractivity contribution in [2.24, 2.45) is 4.99 Å². The second kappa shape index (κ2) is 9.43. The molecule has 1 unspecified atom stereocenters. The SMILES string of the molecule is CCNC(=NCC(C)N1CCOCC1)NCCN1C(=O)CNC1=O. The number of rotatable bonds is 7. The third kappa shape index (κ3) is 5.34. The molecule has 24 heavy (non-hydrogen) atoms. The van der Waals surface area contributed by atoms with Gasteiger partial charge in [-0.05, 0) is 13.8 Å². The third-order valence-corrected chi connectivity index (χ3v) is 4.09. The molecule has 0 radical (unpaired) electrons. The Morgan fingerprint density at radius 3 is 2.71 bits per heavy atom. The maximum absolute atomic E-state index is 11.5. The van der Waals surface area contributed by atoms with Gasteiger partial charge in [0, 0.05) is 38.8 Å². The van der Waals surface area contributed by atoms with Crippen molar-refractivity contribution in [2.75, 3.05) is 59.0 Å². The standard InChI is InChI=1S/C15H28N6O3/c1-3-16-14(17-4-5-21-13(22)11-19-15(21)23)18-10-12(2)20-6-8-24-9-7-20/h12H,3-11H2,1-2H3,(H,19,23)(H2,16,17,18). The molecule has 2 saturated heterocycles. The first-order valence-corrected chi connectivity index (χ1v) is 8.54. The fraction of sp³-hybridized carbons (Fsp3) is 0.800. The molecule has 9 heteroatoms. The van der Waals surface area contributed by atoms with Gasteiger partial charge in [0.1, 0.15) is 0 Å². The van der Waals surface area contributed by atoms with Gasteiger partial charge >= 0.3 is 6.03 Å². The van der Waals surface area contributed by atoms with Gasteiger partial charge in [0.15, 0.2) is 5.96 Å². The minimum Gasteiger partial charge on any atom is -0.379 e. The Bertz CT molecular complexity index is 448. The van der Waals surface area contributed by atoms with Crippen LogP contribution in [0, 0.1) is 0 Å². The fourth-order valence-electron chi connectivity index (χ4n) is 2.67. The van der Waals surface area contributed by atoms with E-state index in [4.69, 9.17) is 4.74 Å². The first-order valence-electron chi connectivity index (χ1n) is 8.54. The van der Waals surface area contributed by atoms with Crippen LogP contribution in [0.3, 0.4) is 0 Å². The lowest BCUT2D eigenvalue weighted by atomic mass is 10.2. The van der Waals surface area contributed by atoms with Crippen LogP contribution in [0.25, 0.3) is 0 Å². The van der Waals surface area contributed by atoms with Crippen LogP contribution in [0.15, 0.2) is 4.99 Å². The van der Waals surface area contributed by atoms with E-state index in [1.54, 1.807) is 0 Å². The van der Waals surface area contributed by atoms with E-state index >= 15 is 0 Å². The predicted octanol–water partition coefficient (Wildman–Crippen LogP) is -1.19.